The maximum Gasteiger partial charge on any atom is 0.299 e. The average Bonchev–Trinajstić information content (AvgIpc) is 2.51. The van der Waals surface area contributed by atoms with E-state index in [9.17, 15) is 4.79 Å². The van der Waals surface area contributed by atoms with Crippen molar-refractivity contribution >= 4 is 27.9 Å². The molecule has 4 heteroatoms. The van der Waals surface area contributed by atoms with Crippen LogP contribution in [0.2, 0.25) is 0 Å². The molecule has 0 atom stereocenters. The van der Waals surface area contributed by atoms with Crippen molar-refractivity contribution in [2.75, 3.05) is 0 Å². The third-order valence-corrected chi connectivity index (χ3v) is 2.35. The van der Waals surface area contributed by atoms with Crippen LogP contribution in [0.1, 0.15) is 0 Å². The minimum atomic E-state index is 0.343. The first-order valence-corrected chi connectivity index (χ1v) is 4.21. The molecule has 0 spiro atoms. The second-order valence-electron chi connectivity index (χ2n) is 2.20. The highest BCUT2D eigenvalue weighted by molar-refractivity contribution is 7.17. The molecule has 2 aromatic heterocycles. The zero-order valence-electron chi connectivity index (χ0n) is 6.06. The first kappa shape index (κ1) is 7.24. The van der Waals surface area contributed by atoms with Gasteiger partial charge in [0.05, 0.1) is 4.70 Å². The Hall–Kier alpha value is -1.42. The highest BCUT2D eigenvalue weighted by atomic mass is 32.1. The predicted octanol–water partition coefficient (Wildman–Crippen LogP) is 1.83. The lowest BCUT2D eigenvalue weighted by Crippen LogP contribution is -1.90. The van der Waals surface area contributed by atoms with E-state index in [4.69, 9.17) is 0 Å². The molecule has 0 saturated heterocycles. The van der Waals surface area contributed by atoms with Crippen molar-refractivity contribution in [1.82, 2.24) is 4.98 Å². The molecule has 0 aromatic carbocycles. The molecule has 0 N–H and O–H groups in total. The molecule has 0 radical (unpaired) electrons. The minimum absolute atomic E-state index is 0.343. The van der Waals surface area contributed by atoms with Crippen molar-refractivity contribution in [1.29, 1.82) is 0 Å². The topological polar surface area (TPSA) is 39.2 Å². The van der Waals surface area contributed by atoms with Gasteiger partial charge in [0.25, 0.3) is 6.47 Å². The molecule has 0 aliphatic rings. The molecule has 2 aromatic rings. The number of ether oxygens (including phenoxy) is 1. The maximum atomic E-state index is 9.99. The number of carbonyl (C=O) groups is 1. The fourth-order valence-electron chi connectivity index (χ4n) is 0.961. The predicted molar refractivity (Wildman–Crippen MR) is 46.3 cm³/mol. The minimum Gasteiger partial charge on any atom is -0.410 e. The van der Waals surface area contributed by atoms with Crippen LogP contribution in [0.15, 0.2) is 23.7 Å². The van der Waals surface area contributed by atoms with E-state index < -0.39 is 0 Å². The Balaban J connectivity index is 2.52. The van der Waals surface area contributed by atoms with Crippen molar-refractivity contribution in [3.8, 4) is 5.88 Å². The first-order chi connectivity index (χ1) is 5.90. The molecule has 0 unspecified atom stereocenters. The van der Waals surface area contributed by atoms with Crippen LogP contribution >= 0.6 is 11.3 Å². The summed E-state index contributed by atoms with van der Waals surface area (Å²) in [6, 6.07) is 3.69. The van der Waals surface area contributed by atoms with Gasteiger partial charge in [0.15, 0.2) is 0 Å². The Bertz CT molecular complexity index is 410. The number of carbonyl (C=O) groups excluding carboxylic acids is 1. The average molecular weight is 179 g/mol. The molecule has 0 fully saturated rings. The monoisotopic (exact) mass is 179 g/mol. The van der Waals surface area contributed by atoms with Gasteiger partial charge >= 0.3 is 0 Å². The summed E-state index contributed by atoms with van der Waals surface area (Å²) in [7, 11) is 0. The Kier molecular flexibility index (Phi) is 1.75. The number of hydrogen-bond donors (Lipinski definition) is 0. The van der Waals surface area contributed by atoms with Crippen LogP contribution in [0.3, 0.4) is 0 Å². The summed E-state index contributed by atoms with van der Waals surface area (Å²) in [4.78, 5) is 13.9. The zero-order valence-corrected chi connectivity index (χ0v) is 6.88. The van der Waals surface area contributed by atoms with Gasteiger partial charge in [0, 0.05) is 12.3 Å². The number of thiophene rings is 1. The highest BCUT2D eigenvalue weighted by Gasteiger charge is 1.98. The van der Waals surface area contributed by atoms with Crippen molar-refractivity contribution < 1.29 is 9.53 Å². The van der Waals surface area contributed by atoms with Crippen LogP contribution in [-0.2, 0) is 4.79 Å². The largest absolute Gasteiger partial charge is 0.410 e. The maximum absolute atomic E-state index is 9.99. The van der Waals surface area contributed by atoms with Crippen LogP contribution in [0.25, 0.3) is 10.1 Å². The van der Waals surface area contributed by atoms with Gasteiger partial charge in [-0.25, -0.2) is 4.98 Å². The van der Waals surface area contributed by atoms with Gasteiger partial charge in [-0.15, -0.1) is 11.3 Å². The van der Waals surface area contributed by atoms with E-state index in [0.717, 1.165) is 10.1 Å². The number of nitrogens with zero attached hydrogens (tertiary/aromatic N) is 1. The van der Waals surface area contributed by atoms with E-state index in [-0.39, 0.29) is 0 Å². The summed E-state index contributed by atoms with van der Waals surface area (Å²) in [6.07, 6.45) is 1.69. The summed E-state index contributed by atoms with van der Waals surface area (Å²) in [5.41, 5.74) is 0. The van der Waals surface area contributed by atoms with E-state index in [2.05, 4.69) is 9.72 Å². The molecule has 2 rings (SSSR count). The Morgan fingerprint density at radius 2 is 2.50 bits per heavy atom. The molecule has 0 amide bonds. The van der Waals surface area contributed by atoms with E-state index in [0.29, 0.717) is 12.4 Å². The number of pyridine rings is 1. The fourth-order valence-corrected chi connectivity index (χ4v) is 1.70. The second-order valence-corrected chi connectivity index (χ2v) is 3.14. The summed E-state index contributed by atoms with van der Waals surface area (Å²) in [5, 5.41) is 3.02. The Labute approximate surface area is 72.6 Å². The Morgan fingerprint density at radius 1 is 1.58 bits per heavy atom. The van der Waals surface area contributed by atoms with E-state index in [1.807, 2.05) is 11.4 Å². The van der Waals surface area contributed by atoms with Crippen LogP contribution in [-0.4, -0.2) is 11.5 Å². The van der Waals surface area contributed by atoms with E-state index in [1.54, 1.807) is 23.6 Å². The number of fused-ring (bicyclic) bond motifs is 1. The van der Waals surface area contributed by atoms with Crippen LogP contribution < -0.4 is 4.74 Å². The van der Waals surface area contributed by atoms with Crippen molar-refractivity contribution in [3.05, 3.63) is 23.7 Å². The highest BCUT2D eigenvalue weighted by Crippen LogP contribution is 2.22. The number of hydrogen-bond acceptors (Lipinski definition) is 4. The summed E-state index contributed by atoms with van der Waals surface area (Å²) >= 11 is 1.61. The molecular weight excluding hydrogens is 174 g/mol. The molecule has 0 aliphatic carbocycles. The summed E-state index contributed by atoms with van der Waals surface area (Å²) in [5.74, 6) is 0.343. The molecule has 12 heavy (non-hydrogen) atoms. The molecule has 0 saturated carbocycles. The quantitative estimate of drug-likeness (QED) is 0.660. The van der Waals surface area contributed by atoms with Crippen LogP contribution in [0.4, 0.5) is 0 Å². The van der Waals surface area contributed by atoms with Gasteiger partial charge in [-0.2, -0.15) is 0 Å². The lowest BCUT2D eigenvalue weighted by atomic mass is 10.3. The standard InChI is InChI=1S/C8H5NO2S/c10-5-11-8-3-6-1-2-12-7(6)4-9-8/h1-5H. The Morgan fingerprint density at radius 3 is 3.33 bits per heavy atom. The lowest BCUT2D eigenvalue weighted by molar-refractivity contribution is -0.120. The number of rotatable bonds is 2. The molecular formula is C8H5NO2S. The number of aromatic nitrogens is 1. The van der Waals surface area contributed by atoms with Crippen LogP contribution in [0.5, 0.6) is 5.88 Å². The van der Waals surface area contributed by atoms with Gasteiger partial charge in [-0.3, -0.25) is 4.79 Å². The van der Waals surface area contributed by atoms with Gasteiger partial charge in [0.1, 0.15) is 0 Å². The SMILES string of the molecule is O=COc1cc2ccsc2cn1. The molecule has 0 aliphatic heterocycles. The smallest absolute Gasteiger partial charge is 0.299 e. The van der Waals surface area contributed by atoms with Crippen LogP contribution in [0, 0.1) is 0 Å². The third kappa shape index (κ3) is 1.16. The summed E-state index contributed by atoms with van der Waals surface area (Å²) < 4.78 is 5.69. The molecule has 3 nitrogen and oxygen atoms in total. The van der Waals surface area contributed by atoms with Crippen molar-refractivity contribution in [2.24, 2.45) is 0 Å². The summed E-state index contributed by atoms with van der Waals surface area (Å²) in [6.45, 7) is 0.376. The third-order valence-electron chi connectivity index (χ3n) is 1.48. The second kappa shape index (κ2) is 2.91. The van der Waals surface area contributed by atoms with Crippen molar-refractivity contribution in [3.63, 3.8) is 0 Å². The lowest BCUT2D eigenvalue weighted by Gasteiger charge is -1.94. The van der Waals surface area contributed by atoms with Gasteiger partial charge in [0.2, 0.25) is 5.88 Å². The van der Waals surface area contributed by atoms with Gasteiger partial charge in [-0.1, -0.05) is 0 Å². The van der Waals surface area contributed by atoms with E-state index >= 15 is 0 Å². The molecule has 2 heterocycles. The van der Waals surface area contributed by atoms with E-state index in [1.165, 1.54) is 0 Å². The molecule has 0 bridgehead atoms. The normalized spacial score (nSPS) is 10.0. The first-order valence-electron chi connectivity index (χ1n) is 3.34. The van der Waals surface area contributed by atoms with Gasteiger partial charge in [-0.05, 0) is 16.8 Å². The van der Waals surface area contributed by atoms with Crippen molar-refractivity contribution in [2.45, 2.75) is 0 Å². The fraction of sp³-hybridized carbons (Fsp3) is 0. The zero-order chi connectivity index (χ0) is 8.39. The van der Waals surface area contributed by atoms with Gasteiger partial charge < -0.3 is 4.74 Å². The molecule has 60 valence electrons.